The van der Waals surface area contributed by atoms with Crippen LogP contribution in [0.4, 0.5) is 4.79 Å². The Kier molecular flexibility index (Phi) is 5.55. The summed E-state index contributed by atoms with van der Waals surface area (Å²) in [4.78, 5) is 30.1. The van der Waals surface area contributed by atoms with Crippen LogP contribution in [0.15, 0.2) is 6.20 Å². The number of likely N-dealkylation sites (tertiary alicyclic amines) is 1. The summed E-state index contributed by atoms with van der Waals surface area (Å²) >= 11 is 1.61. The monoisotopic (exact) mass is 311 g/mol. The number of carboxylic acid groups (broad SMARTS) is 1. The molecule has 1 saturated heterocycles. The van der Waals surface area contributed by atoms with Crippen LogP contribution in [0, 0.1) is 5.92 Å². The number of amides is 2. The number of nitrogens with one attached hydrogen (secondary N) is 1. The van der Waals surface area contributed by atoms with Crippen molar-refractivity contribution in [1.29, 1.82) is 0 Å². The largest absolute Gasteiger partial charge is 0.481 e. The fourth-order valence-corrected chi connectivity index (χ4v) is 3.32. The number of aliphatic carboxylic acids is 1. The number of carboxylic acids is 1. The van der Waals surface area contributed by atoms with Gasteiger partial charge in [0.15, 0.2) is 0 Å². The number of hydrogen-bond donors (Lipinski definition) is 2. The summed E-state index contributed by atoms with van der Waals surface area (Å²) in [5, 5.41) is 12.6. The molecule has 1 aliphatic heterocycles. The van der Waals surface area contributed by atoms with Gasteiger partial charge in [0, 0.05) is 30.6 Å². The minimum atomic E-state index is -0.794. The molecule has 0 aliphatic carbocycles. The van der Waals surface area contributed by atoms with Crippen molar-refractivity contribution in [3.63, 3.8) is 0 Å². The minimum absolute atomic E-state index is 0.0635. The number of aryl methyl sites for hydroxylation is 1. The molecule has 2 amide bonds. The summed E-state index contributed by atoms with van der Waals surface area (Å²) in [6, 6.07) is -0.127. The number of carbonyl (C=O) groups is 2. The molecule has 2 N–H and O–H groups in total. The molecule has 116 valence electrons. The highest BCUT2D eigenvalue weighted by Crippen LogP contribution is 2.20. The van der Waals surface area contributed by atoms with Gasteiger partial charge >= 0.3 is 12.0 Å². The van der Waals surface area contributed by atoms with E-state index < -0.39 is 5.97 Å². The van der Waals surface area contributed by atoms with E-state index in [1.54, 1.807) is 16.2 Å². The van der Waals surface area contributed by atoms with Crippen LogP contribution in [-0.4, -0.2) is 40.1 Å². The first-order valence-corrected chi connectivity index (χ1v) is 8.08. The lowest BCUT2D eigenvalue weighted by Gasteiger charge is -2.32. The maximum absolute atomic E-state index is 12.1. The van der Waals surface area contributed by atoms with Gasteiger partial charge < -0.3 is 15.3 Å². The quantitative estimate of drug-likeness (QED) is 0.872. The lowest BCUT2D eigenvalue weighted by molar-refractivity contribution is -0.138. The van der Waals surface area contributed by atoms with E-state index in [0.717, 1.165) is 24.3 Å². The third kappa shape index (κ3) is 4.70. The summed E-state index contributed by atoms with van der Waals surface area (Å²) in [5.74, 6) is -0.731. The third-order valence-electron chi connectivity index (χ3n) is 3.61. The van der Waals surface area contributed by atoms with Gasteiger partial charge in [0.1, 0.15) is 5.01 Å². The van der Waals surface area contributed by atoms with Gasteiger partial charge in [-0.25, -0.2) is 9.78 Å². The molecule has 1 aliphatic rings. The normalized spacial score (nSPS) is 18.5. The first-order valence-electron chi connectivity index (χ1n) is 7.26. The Bertz CT molecular complexity index is 503. The smallest absolute Gasteiger partial charge is 0.317 e. The molecule has 0 spiro atoms. The first-order chi connectivity index (χ1) is 10.1. The Morgan fingerprint density at radius 3 is 3.05 bits per heavy atom. The highest BCUT2D eigenvalue weighted by atomic mass is 32.1. The van der Waals surface area contributed by atoms with E-state index in [1.807, 2.05) is 6.20 Å². The predicted molar refractivity (Wildman–Crippen MR) is 80.3 cm³/mol. The number of rotatable bonds is 5. The van der Waals surface area contributed by atoms with E-state index in [4.69, 9.17) is 5.11 Å². The van der Waals surface area contributed by atoms with Crippen LogP contribution in [0.25, 0.3) is 0 Å². The van der Waals surface area contributed by atoms with Crippen LogP contribution in [0.2, 0.25) is 0 Å². The van der Waals surface area contributed by atoms with Crippen molar-refractivity contribution in [1.82, 2.24) is 15.2 Å². The van der Waals surface area contributed by atoms with Crippen LogP contribution >= 0.6 is 11.3 Å². The zero-order chi connectivity index (χ0) is 15.2. The predicted octanol–water partition coefficient (Wildman–Crippen LogP) is 2.10. The van der Waals surface area contributed by atoms with E-state index in [2.05, 4.69) is 17.2 Å². The minimum Gasteiger partial charge on any atom is -0.481 e. The second-order valence-electron chi connectivity index (χ2n) is 5.28. The summed E-state index contributed by atoms with van der Waals surface area (Å²) in [5.41, 5.74) is 0. The van der Waals surface area contributed by atoms with Gasteiger partial charge in [0.05, 0.1) is 6.54 Å². The number of hydrogen-bond acceptors (Lipinski definition) is 4. The molecule has 0 saturated carbocycles. The summed E-state index contributed by atoms with van der Waals surface area (Å²) in [6.45, 7) is 3.73. The van der Waals surface area contributed by atoms with E-state index in [0.29, 0.717) is 19.6 Å². The van der Waals surface area contributed by atoms with Crippen molar-refractivity contribution in [2.45, 2.75) is 39.2 Å². The van der Waals surface area contributed by atoms with Crippen molar-refractivity contribution >= 4 is 23.3 Å². The van der Waals surface area contributed by atoms with Gasteiger partial charge in [-0.15, -0.1) is 11.3 Å². The van der Waals surface area contributed by atoms with Crippen molar-refractivity contribution < 1.29 is 14.7 Å². The van der Waals surface area contributed by atoms with E-state index in [9.17, 15) is 9.59 Å². The summed E-state index contributed by atoms with van der Waals surface area (Å²) in [6.07, 6.45) is 4.67. The third-order valence-corrected chi connectivity index (χ3v) is 4.75. The molecule has 0 radical (unpaired) electrons. The molecule has 0 bridgehead atoms. The van der Waals surface area contributed by atoms with E-state index >= 15 is 0 Å². The van der Waals surface area contributed by atoms with Gasteiger partial charge in [0.25, 0.3) is 0 Å². The Labute approximate surface area is 128 Å². The summed E-state index contributed by atoms with van der Waals surface area (Å²) < 4.78 is 0. The maximum Gasteiger partial charge on any atom is 0.317 e. The van der Waals surface area contributed by atoms with Gasteiger partial charge in [0.2, 0.25) is 0 Å². The average Bonchev–Trinajstić information content (AvgIpc) is 2.92. The number of aromatic nitrogens is 1. The Morgan fingerprint density at radius 2 is 2.38 bits per heavy atom. The Morgan fingerprint density at radius 1 is 1.57 bits per heavy atom. The molecule has 2 rings (SSSR count). The lowest BCUT2D eigenvalue weighted by atomic mass is 9.95. The lowest BCUT2D eigenvalue weighted by Crippen LogP contribution is -2.45. The number of thiazole rings is 1. The number of piperidine rings is 1. The van der Waals surface area contributed by atoms with Crippen LogP contribution in [0.1, 0.15) is 36.1 Å². The highest BCUT2D eigenvalue weighted by Gasteiger charge is 2.25. The van der Waals surface area contributed by atoms with Gasteiger partial charge in [-0.1, -0.05) is 6.92 Å². The maximum atomic E-state index is 12.1. The molecule has 2 heterocycles. The van der Waals surface area contributed by atoms with Crippen LogP contribution in [0.3, 0.4) is 0 Å². The number of carbonyl (C=O) groups excluding carboxylic acids is 1. The molecule has 1 unspecified atom stereocenters. The number of nitrogens with zero attached hydrogens (tertiary/aromatic N) is 2. The standard InChI is InChI=1S/C14H21N3O3S/c1-2-11-7-15-12(21-11)8-16-14(20)17-5-3-4-10(9-17)6-13(18)19/h7,10H,2-6,8-9H2,1H3,(H,16,20)(H,18,19). The summed E-state index contributed by atoms with van der Waals surface area (Å²) in [7, 11) is 0. The fraction of sp³-hybridized carbons (Fsp3) is 0.643. The van der Waals surface area contributed by atoms with Crippen molar-refractivity contribution in [3.05, 3.63) is 16.1 Å². The van der Waals surface area contributed by atoms with Crippen LogP contribution in [-0.2, 0) is 17.8 Å². The van der Waals surface area contributed by atoms with Gasteiger partial charge in [-0.05, 0) is 25.2 Å². The molecule has 6 nitrogen and oxygen atoms in total. The molecular formula is C14H21N3O3S. The number of urea groups is 1. The van der Waals surface area contributed by atoms with Crippen LogP contribution < -0.4 is 5.32 Å². The Hall–Kier alpha value is -1.63. The molecule has 0 aromatic carbocycles. The van der Waals surface area contributed by atoms with Crippen molar-refractivity contribution in [3.8, 4) is 0 Å². The van der Waals surface area contributed by atoms with E-state index in [-0.39, 0.29) is 18.4 Å². The topological polar surface area (TPSA) is 82.5 Å². The van der Waals surface area contributed by atoms with Crippen molar-refractivity contribution in [2.75, 3.05) is 13.1 Å². The molecule has 1 aromatic rings. The zero-order valence-corrected chi connectivity index (χ0v) is 13.0. The second kappa shape index (κ2) is 7.40. The fourth-order valence-electron chi connectivity index (χ4n) is 2.52. The molecule has 1 fully saturated rings. The Balaban J connectivity index is 1.80. The SMILES string of the molecule is CCc1cnc(CNC(=O)N2CCCC(CC(=O)O)C2)s1. The van der Waals surface area contributed by atoms with Crippen LogP contribution in [0.5, 0.6) is 0 Å². The van der Waals surface area contributed by atoms with E-state index in [1.165, 1.54) is 4.88 Å². The molecular weight excluding hydrogens is 290 g/mol. The first kappa shape index (κ1) is 15.8. The van der Waals surface area contributed by atoms with Gasteiger partial charge in [-0.3, -0.25) is 4.79 Å². The van der Waals surface area contributed by atoms with Gasteiger partial charge in [-0.2, -0.15) is 0 Å². The average molecular weight is 311 g/mol. The zero-order valence-electron chi connectivity index (χ0n) is 12.2. The molecule has 1 aromatic heterocycles. The molecule has 21 heavy (non-hydrogen) atoms. The molecule has 7 heteroatoms. The van der Waals surface area contributed by atoms with Crippen molar-refractivity contribution in [2.24, 2.45) is 5.92 Å². The second-order valence-corrected chi connectivity index (χ2v) is 6.48. The molecule has 1 atom stereocenters. The highest BCUT2D eigenvalue weighted by molar-refractivity contribution is 7.11.